The highest BCUT2D eigenvalue weighted by Crippen LogP contribution is 2.35. The molecule has 0 spiro atoms. The number of halogens is 1. The minimum atomic E-state index is -0.514. The van der Waals surface area contributed by atoms with Crippen molar-refractivity contribution >= 4 is 55.5 Å². The van der Waals surface area contributed by atoms with Gasteiger partial charge in [-0.05, 0) is 40.2 Å². The maximum absolute atomic E-state index is 11.8. The summed E-state index contributed by atoms with van der Waals surface area (Å²) in [6.07, 6.45) is 2.94. The van der Waals surface area contributed by atoms with Gasteiger partial charge in [0.1, 0.15) is 6.33 Å². The highest BCUT2D eigenvalue weighted by molar-refractivity contribution is 9.10. The molecule has 0 amide bonds. The molecule has 0 saturated heterocycles. The third-order valence-corrected chi connectivity index (χ3v) is 4.71. The summed E-state index contributed by atoms with van der Waals surface area (Å²) in [6, 6.07) is 16.6. The van der Waals surface area contributed by atoms with Crippen LogP contribution in [0.4, 0.5) is 28.7 Å². The fraction of sp³-hybridized carbons (Fsp3) is 0. The largest absolute Gasteiger partial charge is 0.353 e. The van der Waals surface area contributed by atoms with E-state index in [1.54, 1.807) is 18.3 Å². The lowest BCUT2D eigenvalue weighted by Crippen LogP contribution is -2.06. The molecule has 2 heterocycles. The number of nitrogens with zero attached hydrogens (tertiary/aromatic N) is 4. The average molecular weight is 437 g/mol. The Bertz CT molecular complexity index is 1180. The predicted molar refractivity (Wildman–Crippen MR) is 111 cm³/mol. The zero-order valence-corrected chi connectivity index (χ0v) is 15.9. The standard InChI is InChI=1S/C19H13BrN6O2/c20-13-7-1-2-8-14(13)24-18-17(26(27)28)19(23-11-22-18)25-15-9-3-5-12-6-4-10-21-16(12)15/h1-11H,(H2,22,23,24,25). The van der Waals surface area contributed by atoms with Gasteiger partial charge in [-0.25, -0.2) is 9.97 Å². The summed E-state index contributed by atoms with van der Waals surface area (Å²) >= 11 is 3.42. The highest BCUT2D eigenvalue weighted by atomic mass is 79.9. The van der Waals surface area contributed by atoms with Crippen molar-refractivity contribution < 1.29 is 4.92 Å². The van der Waals surface area contributed by atoms with Gasteiger partial charge in [0.25, 0.3) is 0 Å². The Morgan fingerprint density at radius 3 is 2.29 bits per heavy atom. The third-order valence-electron chi connectivity index (χ3n) is 4.02. The van der Waals surface area contributed by atoms with Crippen LogP contribution in [-0.2, 0) is 0 Å². The Morgan fingerprint density at radius 2 is 1.54 bits per heavy atom. The lowest BCUT2D eigenvalue weighted by Gasteiger charge is -2.12. The van der Waals surface area contributed by atoms with Crippen LogP contribution in [0.3, 0.4) is 0 Å². The lowest BCUT2D eigenvalue weighted by molar-refractivity contribution is -0.383. The number of benzene rings is 2. The zero-order chi connectivity index (χ0) is 19.5. The quantitative estimate of drug-likeness (QED) is 0.327. The van der Waals surface area contributed by atoms with Crippen molar-refractivity contribution in [1.29, 1.82) is 0 Å². The van der Waals surface area contributed by atoms with Gasteiger partial charge in [0.15, 0.2) is 0 Å². The summed E-state index contributed by atoms with van der Waals surface area (Å²) in [5.74, 6) is 0.162. The van der Waals surface area contributed by atoms with Crippen molar-refractivity contribution in [2.24, 2.45) is 0 Å². The van der Waals surface area contributed by atoms with E-state index < -0.39 is 4.92 Å². The molecule has 0 radical (unpaired) electrons. The van der Waals surface area contributed by atoms with Gasteiger partial charge in [0, 0.05) is 16.1 Å². The predicted octanol–water partition coefficient (Wildman–Crippen LogP) is 5.18. The number of hydrogen-bond donors (Lipinski definition) is 2. The van der Waals surface area contributed by atoms with Crippen molar-refractivity contribution in [2.75, 3.05) is 10.6 Å². The molecule has 0 fully saturated rings. The van der Waals surface area contributed by atoms with Crippen molar-refractivity contribution in [2.45, 2.75) is 0 Å². The van der Waals surface area contributed by atoms with Gasteiger partial charge in [-0.15, -0.1) is 0 Å². The van der Waals surface area contributed by atoms with Gasteiger partial charge in [0.2, 0.25) is 11.6 Å². The van der Waals surface area contributed by atoms with Crippen LogP contribution in [0.25, 0.3) is 10.9 Å². The van der Waals surface area contributed by atoms with E-state index in [9.17, 15) is 10.1 Å². The monoisotopic (exact) mass is 436 g/mol. The summed E-state index contributed by atoms with van der Waals surface area (Å²) in [5, 5.41) is 18.7. The number of nitro groups is 1. The number of hydrogen-bond acceptors (Lipinski definition) is 7. The van der Waals surface area contributed by atoms with Crippen molar-refractivity contribution in [3.05, 3.63) is 81.7 Å². The zero-order valence-electron chi connectivity index (χ0n) is 14.3. The van der Waals surface area contributed by atoms with Gasteiger partial charge in [-0.1, -0.05) is 30.3 Å². The van der Waals surface area contributed by atoms with Crippen LogP contribution >= 0.6 is 15.9 Å². The average Bonchev–Trinajstić information content (AvgIpc) is 2.70. The smallest absolute Gasteiger partial charge is 0.333 e. The molecule has 8 nitrogen and oxygen atoms in total. The van der Waals surface area contributed by atoms with Crippen LogP contribution < -0.4 is 10.6 Å². The summed E-state index contributed by atoms with van der Waals surface area (Å²) in [6.45, 7) is 0. The molecule has 0 aliphatic carbocycles. The number of nitrogens with one attached hydrogen (secondary N) is 2. The normalized spacial score (nSPS) is 10.6. The minimum Gasteiger partial charge on any atom is -0.333 e. The van der Waals surface area contributed by atoms with Crippen LogP contribution in [0.15, 0.2) is 71.6 Å². The molecule has 4 aromatic rings. The van der Waals surface area contributed by atoms with E-state index in [0.717, 1.165) is 9.86 Å². The van der Waals surface area contributed by atoms with Crippen LogP contribution in [-0.4, -0.2) is 19.9 Å². The van der Waals surface area contributed by atoms with Gasteiger partial charge < -0.3 is 10.6 Å². The maximum atomic E-state index is 11.8. The first-order valence-corrected chi connectivity index (χ1v) is 9.04. The molecule has 2 aromatic carbocycles. The molecule has 0 saturated carbocycles. The summed E-state index contributed by atoms with van der Waals surface area (Å²) in [4.78, 5) is 23.8. The van der Waals surface area contributed by atoms with Crippen LogP contribution in [0.5, 0.6) is 0 Å². The molecule has 0 aliphatic rings. The first-order valence-electron chi connectivity index (χ1n) is 8.25. The second-order valence-electron chi connectivity index (χ2n) is 5.79. The summed E-state index contributed by atoms with van der Waals surface area (Å²) in [7, 11) is 0. The lowest BCUT2D eigenvalue weighted by atomic mass is 10.2. The topological polar surface area (TPSA) is 106 Å². The SMILES string of the molecule is O=[N+]([O-])c1c(Nc2ccccc2Br)ncnc1Nc1cccc2cccnc12. The Kier molecular flexibility index (Phi) is 4.81. The summed E-state index contributed by atoms with van der Waals surface area (Å²) in [5.41, 5.74) is 1.71. The highest BCUT2D eigenvalue weighted by Gasteiger charge is 2.24. The molecule has 0 atom stereocenters. The molecule has 9 heteroatoms. The van der Waals surface area contributed by atoms with E-state index in [1.165, 1.54) is 6.33 Å². The number of fused-ring (bicyclic) bond motifs is 1. The molecular weight excluding hydrogens is 424 g/mol. The molecule has 138 valence electrons. The second kappa shape index (κ2) is 7.57. The van der Waals surface area contributed by atoms with Crippen molar-refractivity contribution in [1.82, 2.24) is 15.0 Å². The molecule has 2 N–H and O–H groups in total. The van der Waals surface area contributed by atoms with E-state index in [-0.39, 0.29) is 17.3 Å². The fourth-order valence-corrected chi connectivity index (χ4v) is 3.14. The third kappa shape index (κ3) is 3.47. The first kappa shape index (κ1) is 17.8. The van der Waals surface area contributed by atoms with Crippen LogP contribution in [0.1, 0.15) is 0 Å². The van der Waals surface area contributed by atoms with E-state index in [1.807, 2.05) is 42.5 Å². The van der Waals surface area contributed by atoms with Crippen molar-refractivity contribution in [3.63, 3.8) is 0 Å². The molecule has 0 unspecified atom stereocenters. The van der Waals surface area contributed by atoms with Gasteiger partial charge in [0.05, 0.1) is 21.8 Å². The number of anilines is 4. The van der Waals surface area contributed by atoms with E-state index in [4.69, 9.17) is 0 Å². The van der Waals surface area contributed by atoms with Crippen LogP contribution in [0.2, 0.25) is 0 Å². The Labute approximate surface area is 168 Å². The molecule has 0 bridgehead atoms. The number of rotatable bonds is 5. The van der Waals surface area contributed by atoms with Gasteiger partial charge >= 0.3 is 5.69 Å². The Hall–Kier alpha value is -3.59. The van der Waals surface area contributed by atoms with Gasteiger partial charge in [-0.3, -0.25) is 15.1 Å². The molecular formula is C19H13BrN6O2. The number of aromatic nitrogens is 3. The van der Waals surface area contributed by atoms with E-state index >= 15 is 0 Å². The van der Waals surface area contributed by atoms with Gasteiger partial charge in [-0.2, -0.15) is 0 Å². The van der Waals surface area contributed by atoms with E-state index in [0.29, 0.717) is 16.9 Å². The maximum Gasteiger partial charge on any atom is 0.353 e. The number of pyridine rings is 1. The summed E-state index contributed by atoms with van der Waals surface area (Å²) < 4.78 is 0.760. The van der Waals surface area contributed by atoms with E-state index in [2.05, 4.69) is 41.5 Å². The number of para-hydroxylation sites is 2. The fourth-order valence-electron chi connectivity index (χ4n) is 2.76. The molecule has 2 aromatic heterocycles. The van der Waals surface area contributed by atoms with Crippen molar-refractivity contribution in [3.8, 4) is 0 Å². The Morgan fingerprint density at radius 1 is 0.857 bits per heavy atom. The molecule has 4 rings (SSSR count). The van der Waals surface area contributed by atoms with Crippen LogP contribution in [0, 0.1) is 10.1 Å². The first-order chi connectivity index (χ1) is 13.6. The molecule has 28 heavy (non-hydrogen) atoms. The second-order valence-corrected chi connectivity index (χ2v) is 6.64. The minimum absolute atomic E-state index is 0.0766. The Balaban J connectivity index is 1.77. The molecule has 0 aliphatic heterocycles.